The Balaban J connectivity index is 3.00. The summed E-state index contributed by atoms with van der Waals surface area (Å²) in [6.45, 7) is 5.68. The number of hydrogen-bond acceptors (Lipinski definition) is 3. The first-order chi connectivity index (χ1) is 5.79. The summed E-state index contributed by atoms with van der Waals surface area (Å²) in [5, 5.41) is 0. The predicted octanol–water partition coefficient (Wildman–Crippen LogP) is 1.08. The van der Waals surface area contributed by atoms with Gasteiger partial charge in [0.1, 0.15) is 0 Å². The summed E-state index contributed by atoms with van der Waals surface area (Å²) in [6, 6.07) is 1.94. The van der Waals surface area contributed by atoms with Crippen molar-refractivity contribution in [2.45, 2.75) is 13.0 Å². The van der Waals surface area contributed by atoms with Crippen molar-refractivity contribution in [1.82, 2.24) is 10.4 Å². The molecule has 0 saturated carbocycles. The van der Waals surface area contributed by atoms with Crippen LogP contribution in [-0.4, -0.2) is 4.98 Å². The fraction of sp³-hybridized carbons (Fsp3) is 0.222. The Hall–Kier alpha value is -1.19. The second kappa shape index (κ2) is 3.99. The summed E-state index contributed by atoms with van der Waals surface area (Å²) < 4.78 is 0. The fourth-order valence-electron chi connectivity index (χ4n) is 1.12. The molecule has 0 saturated heterocycles. The van der Waals surface area contributed by atoms with E-state index in [4.69, 9.17) is 5.84 Å². The highest BCUT2D eigenvalue weighted by molar-refractivity contribution is 5.27. The van der Waals surface area contributed by atoms with Gasteiger partial charge in [-0.25, -0.2) is 5.43 Å². The van der Waals surface area contributed by atoms with E-state index in [1.54, 1.807) is 12.3 Å². The molecule has 0 fully saturated rings. The van der Waals surface area contributed by atoms with E-state index in [-0.39, 0.29) is 6.04 Å². The molecule has 1 aromatic heterocycles. The molecule has 0 amide bonds. The lowest BCUT2D eigenvalue weighted by Gasteiger charge is -2.13. The third-order valence-corrected chi connectivity index (χ3v) is 1.81. The number of pyridine rings is 1. The SMILES string of the molecule is C=CC(NN)c1ccncc1C. The van der Waals surface area contributed by atoms with Gasteiger partial charge >= 0.3 is 0 Å². The maximum Gasteiger partial charge on any atom is 0.0641 e. The van der Waals surface area contributed by atoms with Gasteiger partial charge in [-0.1, -0.05) is 6.08 Å². The van der Waals surface area contributed by atoms with Crippen molar-refractivity contribution in [2.24, 2.45) is 5.84 Å². The van der Waals surface area contributed by atoms with Crippen LogP contribution in [0.25, 0.3) is 0 Å². The van der Waals surface area contributed by atoms with E-state index in [9.17, 15) is 0 Å². The van der Waals surface area contributed by atoms with Crippen LogP contribution in [0.4, 0.5) is 0 Å². The number of aromatic nitrogens is 1. The topological polar surface area (TPSA) is 50.9 Å². The van der Waals surface area contributed by atoms with Crippen molar-refractivity contribution >= 4 is 0 Å². The molecule has 1 heterocycles. The molecule has 64 valence electrons. The summed E-state index contributed by atoms with van der Waals surface area (Å²) >= 11 is 0. The van der Waals surface area contributed by atoms with Gasteiger partial charge in [0.15, 0.2) is 0 Å². The first kappa shape index (κ1) is 8.90. The highest BCUT2D eigenvalue weighted by Gasteiger charge is 2.06. The summed E-state index contributed by atoms with van der Waals surface area (Å²) in [7, 11) is 0. The van der Waals surface area contributed by atoms with E-state index in [2.05, 4.69) is 17.0 Å². The molecule has 0 aliphatic heterocycles. The van der Waals surface area contributed by atoms with Crippen LogP contribution < -0.4 is 11.3 Å². The van der Waals surface area contributed by atoms with Gasteiger partial charge < -0.3 is 0 Å². The van der Waals surface area contributed by atoms with Crippen molar-refractivity contribution in [3.05, 3.63) is 42.2 Å². The number of rotatable bonds is 3. The maximum absolute atomic E-state index is 5.34. The standard InChI is InChI=1S/C9H13N3/c1-3-9(12-10)8-4-5-11-6-7(8)2/h3-6,9,12H,1,10H2,2H3. The minimum absolute atomic E-state index is 0.00741. The van der Waals surface area contributed by atoms with Crippen molar-refractivity contribution < 1.29 is 0 Å². The van der Waals surface area contributed by atoms with Crippen LogP contribution in [0.5, 0.6) is 0 Å². The van der Waals surface area contributed by atoms with Crippen LogP contribution in [0.1, 0.15) is 17.2 Å². The Kier molecular flexibility index (Phi) is 2.96. The number of aryl methyl sites for hydroxylation is 1. The van der Waals surface area contributed by atoms with E-state index in [1.165, 1.54) is 0 Å². The molecule has 0 radical (unpaired) electrons. The number of nitrogens with zero attached hydrogens (tertiary/aromatic N) is 1. The van der Waals surface area contributed by atoms with Crippen LogP contribution in [0.2, 0.25) is 0 Å². The smallest absolute Gasteiger partial charge is 0.0641 e. The van der Waals surface area contributed by atoms with Crippen molar-refractivity contribution in [3.63, 3.8) is 0 Å². The zero-order valence-electron chi connectivity index (χ0n) is 7.12. The van der Waals surface area contributed by atoms with Gasteiger partial charge in [-0.05, 0) is 24.1 Å². The van der Waals surface area contributed by atoms with E-state index in [0.29, 0.717) is 0 Å². The average molecular weight is 163 g/mol. The van der Waals surface area contributed by atoms with E-state index in [1.807, 2.05) is 19.2 Å². The Morgan fingerprint density at radius 1 is 1.75 bits per heavy atom. The molecule has 1 aromatic rings. The van der Waals surface area contributed by atoms with Crippen LogP contribution in [0.15, 0.2) is 31.1 Å². The van der Waals surface area contributed by atoms with Gasteiger partial charge in [-0.2, -0.15) is 0 Å². The first-order valence-electron chi connectivity index (χ1n) is 3.78. The second-order valence-electron chi connectivity index (χ2n) is 2.61. The highest BCUT2D eigenvalue weighted by atomic mass is 15.2. The molecular weight excluding hydrogens is 150 g/mol. The Bertz CT molecular complexity index is 270. The van der Waals surface area contributed by atoms with Crippen LogP contribution in [-0.2, 0) is 0 Å². The van der Waals surface area contributed by atoms with Crippen LogP contribution in [0.3, 0.4) is 0 Å². The van der Waals surface area contributed by atoms with Gasteiger partial charge in [-0.15, -0.1) is 6.58 Å². The van der Waals surface area contributed by atoms with E-state index < -0.39 is 0 Å². The van der Waals surface area contributed by atoms with Crippen LogP contribution in [0, 0.1) is 6.92 Å². The molecule has 3 N–H and O–H groups in total. The molecule has 1 unspecified atom stereocenters. The monoisotopic (exact) mass is 163 g/mol. The minimum Gasteiger partial charge on any atom is -0.271 e. The minimum atomic E-state index is 0.00741. The molecule has 0 aromatic carbocycles. The highest BCUT2D eigenvalue weighted by Crippen LogP contribution is 2.15. The summed E-state index contributed by atoms with van der Waals surface area (Å²) in [4.78, 5) is 3.99. The quantitative estimate of drug-likeness (QED) is 0.398. The Morgan fingerprint density at radius 3 is 3.00 bits per heavy atom. The van der Waals surface area contributed by atoms with Crippen molar-refractivity contribution in [2.75, 3.05) is 0 Å². The molecule has 3 nitrogen and oxygen atoms in total. The second-order valence-corrected chi connectivity index (χ2v) is 2.61. The maximum atomic E-state index is 5.34. The molecule has 0 spiro atoms. The Morgan fingerprint density at radius 2 is 2.50 bits per heavy atom. The Labute approximate surface area is 72.3 Å². The van der Waals surface area contributed by atoms with Crippen molar-refractivity contribution in [1.29, 1.82) is 0 Å². The summed E-state index contributed by atoms with van der Waals surface area (Å²) in [6.07, 6.45) is 5.32. The van der Waals surface area contributed by atoms with E-state index >= 15 is 0 Å². The lowest BCUT2D eigenvalue weighted by molar-refractivity contribution is 0.652. The molecule has 0 aliphatic rings. The summed E-state index contributed by atoms with van der Waals surface area (Å²) in [5.41, 5.74) is 4.89. The van der Waals surface area contributed by atoms with Crippen LogP contribution >= 0.6 is 0 Å². The van der Waals surface area contributed by atoms with Gasteiger partial charge in [0.05, 0.1) is 6.04 Å². The van der Waals surface area contributed by atoms with Gasteiger partial charge in [0.2, 0.25) is 0 Å². The first-order valence-corrected chi connectivity index (χ1v) is 3.78. The van der Waals surface area contributed by atoms with Gasteiger partial charge in [0.25, 0.3) is 0 Å². The summed E-state index contributed by atoms with van der Waals surface area (Å²) in [5.74, 6) is 5.34. The molecule has 1 rings (SSSR count). The number of hydrazine groups is 1. The number of nitrogens with two attached hydrogens (primary N) is 1. The van der Waals surface area contributed by atoms with Crippen molar-refractivity contribution in [3.8, 4) is 0 Å². The van der Waals surface area contributed by atoms with E-state index in [0.717, 1.165) is 11.1 Å². The molecule has 0 aliphatic carbocycles. The third kappa shape index (κ3) is 1.69. The lowest BCUT2D eigenvalue weighted by Crippen LogP contribution is -2.26. The lowest BCUT2D eigenvalue weighted by atomic mass is 10.0. The number of hydrogen-bond donors (Lipinski definition) is 2. The van der Waals surface area contributed by atoms with Gasteiger partial charge in [-0.3, -0.25) is 10.8 Å². The molecule has 12 heavy (non-hydrogen) atoms. The van der Waals surface area contributed by atoms with Gasteiger partial charge in [0, 0.05) is 12.4 Å². The molecular formula is C9H13N3. The third-order valence-electron chi connectivity index (χ3n) is 1.81. The average Bonchev–Trinajstić information content (AvgIpc) is 2.10. The number of nitrogens with one attached hydrogen (secondary N) is 1. The normalized spacial score (nSPS) is 12.5. The largest absolute Gasteiger partial charge is 0.271 e. The molecule has 1 atom stereocenters. The molecule has 0 bridgehead atoms. The fourth-order valence-corrected chi connectivity index (χ4v) is 1.12. The zero-order valence-corrected chi connectivity index (χ0v) is 7.12. The molecule has 3 heteroatoms. The zero-order chi connectivity index (χ0) is 8.97. The predicted molar refractivity (Wildman–Crippen MR) is 49.2 cm³/mol.